The van der Waals surface area contributed by atoms with Crippen molar-refractivity contribution in [2.24, 2.45) is 0 Å². The fraction of sp³-hybridized carbons (Fsp3) is 0.350. The zero-order chi connectivity index (χ0) is 17.9. The molecule has 5 nitrogen and oxygen atoms in total. The standard InChI is InChI=1S/C20H23NO4/c1-20(2,3)15-5-4-6-16(12-15)23-10-9-21-19(22)14-7-8-17-18(11-14)25-13-24-17/h4-8,11-12H,9-10,13H2,1-3H3,(H,21,22). The van der Waals surface area contributed by atoms with Gasteiger partial charge in [-0.1, -0.05) is 32.9 Å². The van der Waals surface area contributed by atoms with Crippen LogP contribution in [0.25, 0.3) is 0 Å². The highest BCUT2D eigenvalue weighted by atomic mass is 16.7. The fourth-order valence-electron chi connectivity index (χ4n) is 2.53. The van der Waals surface area contributed by atoms with Crippen LogP contribution in [-0.2, 0) is 5.41 Å². The Bertz CT molecular complexity index is 765. The molecule has 0 spiro atoms. The van der Waals surface area contributed by atoms with E-state index in [2.05, 4.69) is 32.2 Å². The summed E-state index contributed by atoms with van der Waals surface area (Å²) in [5.41, 5.74) is 1.83. The summed E-state index contributed by atoms with van der Waals surface area (Å²) in [6.45, 7) is 7.52. The quantitative estimate of drug-likeness (QED) is 0.846. The summed E-state index contributed by atoms with van der Waals surface area (Å²) in [7, 11) is 0. The van der Waals surface area contributed by atoms with Gasteiger partial charge in [-0.25, -0.2) is 0 Å². The fourth-order valence-corrected chi connectivity index (χ4v) is 2.53. The Balaban J connectivity index is 1.49. The number of hydrogen-bond acceptors (Lipinski definition) is 4. The number of amides is 1. The summed E-state index contributed by atoms with van der Waals surface area (Å²) in [5, 5.41) is 2.84. The first-order valence-electron chi connectivity index (χ1n) is 8.35. The maximum absolute atomic E-state index is 12.2. The maximum atomic E-state index is 12.2. The first kappa shape index (κ1) is 17.1. The van der Waals surface area contributed by atoms with Gasteiger partial charge in [-0.05, 0) is 41.3 Å². The molecule has 0 saturated carbocycles. The van der Waals surface area contributed by atoms with Crippen LogP contribution in [0.1, 0.15) is 36.7 Å². The maximum Gasteiger partial charge on any atom is 0.251 e. The molecule has 2 aromatic carbocycles. The van der Waals surface area contributed by atoms with Crippen LogP contribution in [0.4, 0.5) is 0 Å². The van der Waals surface area contributed by atoms with E-state index in [0.29, 0.717) is 30.2 Å². The molecule has 2 aromatic rings. The average Bonchev–Trinajstić information content (AvgIpc) is 3.05. The van der Waals surface area contributed by atoms with Crippen molar-refractivity contribution >= 4 is 5.91 Å². The van der Waals surface area contributed by atoms with Crippen molar-refractivity contribution in [1.29, 1.82) is 0 Å². The molecule has 25 heavy (non-hydrogen) atoms. The van der Waals surface area contributed by atoms with E-state index >= 15 is 0 Å². The first-order valence-corrected chi connectivity index (χ1v) is 8.35. The molecule has 0 bridgehead atoms. The second kappa shape index (κ2) is 7.05. The molecule has 1 heterocycles. The van der Waals surface area contributed by atoms with Gasteiger partial charge in [0.15, 0.2) is 11.5 Å². The number of benzene rings is 2. The van der Waals surface area contributed by atoms with Gasteiger partial charge in [0.1, 0.15) is 12.4 Å². The van der Waals surface area contributed by atoms with Gasteiger partial charge in [-0.15, -0.1) is 0 Å². The van der Waals surface area contributed by atoms with Gasteiger partial charge in [0.2, 0.25) is 6.79 Å². The summed E-state index contributed by atoms with van der Waals surface area (Å²) in [4.78, 5) is 12.2. The monoisotopic (exact) mass is 341 g/mol. The van der Waals surface area contributed by atoms with Crippen molar-refractivity contribution in [3.05, 3.63) is 53.6 Å². The number of fused-ring (bicyclic) bond motifs is 1. The molecule has 5 heteroatoms. The zero-order valence-corrected chi connectivity index (χ0v) is 14.8. The van der Waals surface area contributed by atoms with E-state index in [1.165, 1.54) is 5.56 Å². The number of nitrogens with one attached hydrogen (secondary N) is 1. The Hall–Kier alpha value is -2.69. The lowest BCUT2D eigenvalue weighted by atomic mass is 9.87. The predicted octanol–water partition coefficient (Wildman–Crippen LogP) is 3.52. The molecule has 0 unspecified atom stereocenters. The van der Waals surface area contributed by atoms with Gasteiger partial charge >= 0.3 is 0 Å². The highest BCUT2D eigenvalue weighted by Crippen LogP contribution is 2.32. The van der Waals surface area contributed by atoms with E-state index in [4.69, 9.17) is 14.2 Å². The molecular weight excluding hydrogens is 318 g/mol. The van der Waals surface area contributed by atoms with E-state index in [-0.39, 0.29) is 18.1 Å². The first-order chi connectivity index (χ1) is 11.9. The Morgan fingerprint density at radius 3 is 2.72 bits per heavy atom. The highest BCUT2D eigenvalue weighted by Gasteiger charge is 2.16. The van der Waals surface area contributed by atoms with Crippen molar-refractivity contribution in [1.82, 2.24) is 5.32 Å². The van der Waals surface area contributed by atoms with E-state index in [0.717, 1.165) is 5.75 Å². The smallest absolute Gasteiger partial charge is 0.251 e. The summed E-state index contributed by atoms with van der Waals surface area (Å²) in [5.74, 6) is 1.91. The van der Waals surface area contributed by atoms with Gasteiger partial charge < -0.3 is 19.5 Å². The van der Waals surface area contributed by atoms with Crippen LogP contribution in [0.5, 0.6) is 17.2 Å². The molecule has 1 aliphatic rings. The summed E-state index contributed by atoms with van der Waals surface area (Å²) < 4.78 is 16.3. The SMILES string of the molecule is CC(C)(C)c1cccc(OCCNC(=O)c2ccc3c(c2)OCO3)c1. The molecule has 0 aromatic heterocycles. The Labute approximate surface area is 147 Å². The van der Waals surface area contributed by atoms with Crippen LogP contribution in [-0.4, -0.2) is 25.9 Å². The van der Waals surface area contributed by atoms with Gasteiger partial charge in [-0.3, -0.25) is 4.79 Å². The van der Waals surface area contributed by atoms with Crippen molar-refractivity contribution in [3.63, 3.8) is 0 Å². The predicted molar refractivity (Wildman–Crippen MR) is 95.5 cm³/mol. The lowest BCUT2D eigenvalue weighted by Crippen LogP contribution is -2.28. The number of carbonyl (C=O) groups excluding carboxylic acids is 1. The molecule has 0 saturated heterocycles. The van der Waals surface area contributed by atoms with Crippen LogP contribution >= 0.6 is 0 Å². The molecular formula is C20H23NO4. The third-order valence-electron chi connectivity index (χ3n) is 3.99. The van der Waals surface area contributed by atoms with Gasteiger partial charge in [-0.2, -0.15) is 0 Å². The van der Waals surface area contributed by atoms with Crippen LogP contribution < -0.4 is 19.5 Å². The molecule has 0 aliphatic carbocycles. The van der Waals surface area contributed by atoms with Crippen molar-refractivity contribution in [2.45, 2.75) is 26.2 Å². The van der Waals surface area contributed by atoms with Crippen LogP contribution in [0.15, 0.2) is 42.5 Å². The number of rotatable bonds is 5. The topological polar surface area (TPSA) is 56.8 Å². The second-order valence-corrected chi connectivity index (χ2v) is 6.95. The molecule has 3 rings (SSSR count). The normalized spacial score (nSPS) is 12.8. The minimum Gasteiger partial charge on any atom is -0.492 e. The van der Waals surface area contributed by atoms with Crippen molar-refractivity contribution < 1.29 is 19.0 Å². The molecule has 1 aliphatic heterocycles. The van der Waals surface area contributed by atoms with E-state index in [1.807, 2.05) is 18.2 Å². The van der Waals surface area contributed by atoms with Gasteiger partial charge in [0.05, 0.1) is 6.54 Å². The van der Waals surface area contributed by atoms with Gasteiger partial charge in [0.25, 0.3) is 5.91 Å². The summed E-state index contributed by atoms with van der Waals surface area (Å²) in [6, 6.07) is 13.2. The van der Waals surface area contributed by atoms with E-state index < -0.39 is 0 Å². The largest absolute Gasteiger partial charge is 0.492 e. The third-order valence-corrected chi connectivity index (χ3v) is 3.99. The zero-order valence-electron chi connectivity index (χ0n) is 14.8. The average molecular weight is 341 g/mol. The lowest BCUT2D eigenvalue weighted by Gasteiger charge is -2.19. The molecule has 1 amide bonds. The van der Waals surface area contributed by atoms with Gasteiger partial charge in [0, 0.05) is 5.56 Å². The Morgan fingerprint density at radius 1 is 1.12 bits per heavy atom. The highest BCUT2D eigenvalue weighted by molar-refractivity contribution is 5.94. The molecule has 0 radical (unpaired) electrons. The lowest BCUT2D eigenvalue weighted by molar-refractivity contribution is 0.0946. The molecule has 1 N–H and O–H groups in total. The number of carbonyl (C=O) groups is 1. The Morgan fingerprint density at radius 2 is 1.92 bits per heavy atom. The Kier molecular flexibility index (Phi) is 4.83. The van der Waals surface area contributed by atoms with Crippen LogP contribution in [0.2, 0.25) is 0 Å². The molecule has 0 fully saturated rings. The van der Waals surface area contributed by atoms with Crippen molar-refractivity contribution in [2.75, 3.05) is 19.9 Å². The molecule has 0 atom stereocenters. The summed E-state index contributed by atoms with van der Waals surface area (Å²) >= 11 is 0. The van der Waals surface area contributed by atoms with E-state index in [9.17, 15) is 4.79 Å². The molecule has 132 valence electrons. The number of hydrogen-bond donors (Lipinski definition) is 1. The minimum atomic E-state index is -0.162. The minimum absolute atomic E-state index is 0.0763. The van der Waals surface area contributed by atoms with Crippen molar-refractivity contribution in [3.8, 4) is 17.2 Å². The number of ether oxygens (including phenoxy) is 3. The van der Waals surface area contributed by atoms with E-state index in [1.54, 1.807) is 18.2 Å². The van der Waals surface area contributed by atoms with Crippen LogP contribution in [0.3, 0.4) is 0 Å². The second-order valence-electron chi connectivity index (χ2n) is 6.95. The van der Waals surface area contributed by atoms with Crippen LogP contribution in [0, 0.1) is 0 Å². The third kappa shape index (κ3) is 4.24. The summed E-state index contributed by atoms with van der Waals surface area (Å²) in [6.07, 6.45) is 0.